The number of para-hydroxylation sites is 3. The highest BCUT2D eigenvalue weighted by molar-refractivity contribution is 5.97. The van der Waals surface area contributed by atoms with E-state index in [0.717, 1.165) is 46.7 Å². The lowest BCUT2D eigenvalue weighted by Crippen LogP contribution is -2.39. The number of carbonyl (C=O) groups is 1. The van der Waals surface area contributed by atoms with Crippen LogP contribution in [0.25, 0.3) is 10.9 Å². The first-order valence-electron chi connectivity index (χ1n) is 8.85. The number of ether oxygens (including phenoxy) is 1. The van der Waals surface area contributed by atoms with Gasteiger partial charge in [-0.1, -0.05) is 30.3 Å². The monoisotopic (exact) mass is 347 g/mol. The number of hydrogen-bond acceptors (Lipinski definition) is 4. The van der Waals surface area contributed by atoms with Crippen molar-refractivity contribution in [2.45, 2.75) is 13.3 Å². The molecule has 1 N–H and O–H groups in total. The first-order valence-corrected chi connectivity index (χ1v) is 8.85. The topological polar surface area (TPSA) is 54.5 Å². The highest BCUT2D eigenvalue weighted by atomic mass is 16.5. The van der Waals surface area contributed by atoms with E-state index in [1.165, 1.54) is 0 Å². The van der Waals surface area contributed by atoms with Crippen molar-refractivity contribution in [2.75, 3.05) is 29.9 Å². The number of amides is 1. The molecule has 26 heavy (non-hydrogen) atoms. The van der Waals surface area contributed by atoms with E-state index < -0.39 is 0 Å². The zero-order valence-electron chi connectivity index (χ0n) is 14.7. The summed E-state index contributed by atoms with van der Waals surface area (Å²) in [4.78, 5) is 18.6. The molecule has 0 saturated carbocycles. The van der Waals surface area contributed by atoms with Crippen LogP contribution in [0.4, 0.5) is 11.4 Å². The van der Waals surface area contributed by atoms with Crippen LogP contribution in [-0.2, 0) is 4.79 Å². The second-order valence-electron chi connectivity index (χ2n) is 6.41. The van der Waals surface area contributed by atoms with E-state index in [-0.39, 0.29) is 12.5 Å². The van der Waals surface area contributed by atoms with Gasteiger partial charge in [0, 0.05) is 29.9 Å². The average Bonchev–Trinajstić information content (AvgIpc) is 2.66. The average molecular weight is 347 g/mol. The number of rotatable bonds is 5. The predicted octanol–water partition coefficient (Wildman–Crippen LogP) is 3.77. The molecule has 1 aliphatic heterocycles. The Morgan fingerprint density at radius 2 is 1.96 bits per heavy atom. The van der Waals surface area contributed by atoms with Gasteiger partial charge in [0.05, 0.1) is 11.2 Å². The van der Waals surface area contributed by atoms with Crippen LogP contribution in [-0.4, -0.2) is 30.6 Å². The van der Waals surface area contributed by atoms with Crippen molar-refractivity contribution >= 4 is 28.2 Å². The van der Waals surface area contributed by atoms with Crippen LogP contribution in [0.15, 0.2) is 54.6 Å². The molecule has 0 saturated heterocycles. The molecule has 0 atom stereocenters. The van der Waals surface area contributed by atoms with E-state index in [2.05, 4.69) is 22.4 Å². The zero-order chi connectivity index (χ0) is 17.9. The van der Waals surface area contributed by atoms with Crippen molar-refractivity contribution < 1.29 is 9.53 Å². The lowest BCUT2D eigenvalue weighted by molar-refractivity contribution is -0.121. The molecule has 0 fully saturated rings. The maximum absolute atomic E-state index is 12.2. The van der Waals surface area contributed by atoms with Gasteiger partial charge in [0.2, 0.25) is 0 Å². The molecule has 0 radical (unpaired) electrons. The fourth-order valence-corrected chi connectivity index (χ4v) is 3.31. The van der Waals surface area contributed by atoms with Gasteiger partial charge in [-0.3, -0.25) is 9.78 Å². The van der Waals surface area contributed by atoms with Crippen LogP contribution in [0.1, 0.15) is 12.1 Å². The number of benzene rings is 2. The molecule has 3 aromatic rings. The quantitative estimate of drug-likeness (QED) is 0.714. The molecule has 1 amide bonds. The third-order valence-electron chi connectivity index (χ3n) is 4.53. The summed E-state index contributed by atoms with van der Waals surface area (Å²) in [5, 5.41) is 4.61. The van der Waals surface area contributed by atoms with Crippen LogP contribution in [0.5, 0.6) is 5.75 Å². The Morgan fingerprint density at radius 3 is 2.88 bits per heavy atom. The maximum atomic E-state index is 12.2. The lowest BCUT2D eigenvalue weighted by Gasteiger charge is -2.29. The minimum atomic E-state index is 0.00825. The summed E-state index contributed by atoms with van der Waals surface area (Å²) in [7, 11) is 0. The van der Waals surface area contributed by atoms with Crippen LogP contribution in [0.3, 0.4) is 0 Å². The van der Waals surface area contributed by atoms with Crippen molar-refractivity contribution in [1.29, 1.82) is 0 Å². The molecule has 5 heteroatoms. The molecule has 1 aromatic heterocycles. The number of fused-ring (bicyclic) bond motifs is 2. The SMILES string of the molecule is Cc1cc(NCCCN2C(=O)COc3ccccc32)c2ccccc2n1. The molecule has 0 aliphatic carbocycles. The molecule has 2 aromatic carbocycles. The summed E-state index contributed by atoms with van der Waals surface area (Å²) in [5.41, 5.74) is 3.92. The molecule has 0 unspecified atom stereocenters. The van der Waals surface area contributed by atoms with Crippen LogP contribution < -0.4 is 15.0 Å². The molecule has 4 rings (SSSR count). The Balaban J connectivity index is 1.43. The number of nitrogens with zero attached hydrogens (tertiary/aromatic N) is 2. The number of aromatic nitrogens is 1. The van der Waals surface area contributed by atoms with E-state index in [9.17, 15) is 4.79 Å². The standard InChI is InChI=1S/C21H21N3O2/c1-15-13-18(16-7-2-3-8-17(16)23-15)22-11-6-12-24-19-9-4-5-10-20(19)26-14-21(24)25/h2-5,7-10,13H,6,11-12,14H2,1H3,(H,22,23). The maximum Gasteiger partial charge on any atom is 0.265 e. The Labute approximate surface area is 152 Å². The fraction of sp³-hybridized carbons (Fsp3) is 0.238. The van der Waals surface area contributed by atoms with E-state index in [4.69, 9.17) is 4.74 Å². The normalized spacial score (nSPS) is 13.4. The van der Waals surface area contributed by atoms with Crippen molar-refractivity contribution in [3.63, 3.8) is 0 Å². The summed E-state index contributed by atoms with van der Waals surface area (Å²) in [6, 6.07) is 17.9. The van der Waals surface area contributed by atoms with Gasteiger partial charge < -0.3 is 15.0 Å². The number of pyridine rings is 1. The second kappa shape index (κ2) is 7.04. The smallest absolute Gasteiger partial charge is 0.265 e. The highest BCUT2D eigenvalue weighted by Crippen LogP contribution is 2.31. The Hall–Kier alpha value is -3.08. The van der Waals surface area contributed by atoms with E-state index in [0.29, 0.717) is 6.54 Å². The molecule has 0 bridgehead atoms. The van der Waals surface area contributed by atoms with Crippen molar-refractivity contribution in [2.24, 2.45) is 0 Å². The number of hydrogen-bond donors (Lipinski definition) is 1. The Kier molecular flexibility index (Phi) is 4.44. The van der Waals surface area contributed by atoms with Gasteiger partial charge in [-0.15, -0.1) is 0 Å². The van der Waals surface area contributed by atoms with Crippen molar-refractivity contribution in [3.8, 4) is 5.75 Å². The minimum Gasteiger partial charge on any atom is -0.482 e. The molecular formula is C21H21N3O2. The number of aryl methyl sites for hydroxylation is 1. The Morgan fingerprint density at radius 1 is 1.15 bits per heavy atom. The van der Waals surface area contributed by atoms with Crippen LogP contribution in [0, 0.1) is 6.92 Å². The Bertz CT molecular complexity index is 955. The molecular weight excluding hydrogens is 326 g/mol. The fourth-order valence-electron chi connectivity index (χ4n) is 3.31. The summed E-state index contributed by atoms with van der Waals surface area (Å²) in [6.07, 6.45) is 0.843. The first kappa shape index (κ1) is 16.4. The minimum absolute atomic E-state index is 0.00825. The number of nitrogens with one attached hydrogen (secondary N) is 1. The summed E-state index contributed by atoms with van der Waals surface area (Å²) in [6.45, 7) is 3.55. The van der Waals surface area contributed by atoms with E-state index in [1.54, 1.807) is 0 Å². The van der Waals surface area contributed by atoms with Crippen LogP contribution in [0.2, 0.25) is 0 Å². The molecule has 0 spiro atoms. The van der Waals surface area contributed by atoms with Crippen molar-refractivity contribution in [3.05, 3.63) is 60.3 Å². The molecule has 1 aliphatic rings. The highest BCUT2D eigenvalue weighted by Gasteiger charge is 2.24. The van der Waals surface area contributed by atoms with Gasteiger partial charge >= 0.3 is 0 Å². The molecule has 132 valence electrons. The van der Waals surface area contributed by atoms with Gasteiger partial charge in [0.25, 0.3) is 5.91 Å². The number of carbonyl (C=O) groups excluding carboxylic acids is 1. The van der Waals surface area contributed by atoms with E-state index >= 15 is 0 Å². The third-order valence-corrected chi connectivity index (χ3v) is 4.53. The van der Waals surface area contributed by atoms with Gasteiger partial charge in [-0.05, 0) is 37.6 Å². The van der Waals surface area contributed by atoms with Gasteiger partial charge in [0.15, 0.2) is 6.61 Å². The predicted molar refractivity (Wildman–Crippen MR) is 104 cm³/mol. The van der Waals surface area contributed by atoms with Crippen molar-refractivity contribution in [1.82, 2.24) is 4.98 Å². The molecule has 2 heterocycles. The zero-order valence-corrected chi connectivity index (χ0v) is 14.7. The third kappa shape index (κ3) is 3.20. The first-order chi connectivity index (χ1) is 12.7. The second-order valence-corrected chi connectivity index (χ2v) is 6.41. The van der Waals surface area contributed by atoms with Gasteiger partial charge in [-0.2, -0.15) is 0 Å². The largest absolute Gasteiger partial charge is 0.482 e. The van der Waals surface area contributed by atoms with Gasteiger partial charge in [0.1, 0.15) is 5.75 Å². The summed E-state index contributed by atoms with van der Waals surface area (Å²) in [5.74, 6) is 0.782. The lowest BCUT2D eigenvalue weighted by atomic mass is 10.1. The van der Waals surface area contributed by atoms with Crippen LogP contribution >= 0.6 is 0 Å². The molecule has 5 nitrogen and oxygen atoms in total. The summed E-state index contributed by atoms with van der Waals surface area (Å²) < 4.78 is 5.49. The van der Waals surface area contributed by atoms with Gasteiger partial charge in [-0.25, -0.2) is 0 Å². The number of anilines is 2. The van der Waals surface area contributed by atoms with E-state index in [1.807, 2.05) is 54.3 Å². The summed E-state index contributed by atoms with van der Waals surface area (Å²) >= 11 is 0.